The Kier molecular flexibility index (Phi) is 6.49. The van der Waals surface area contributed by atoms with E-state index in [2.05, 4.69) is 4.74 Å². The van der Waals surface area contributed by atoms with Gasteiger partial charge in [-0.1, -0.05) is 23.7 Å². The molecule has 0 aliphatic heterocycles. The molecule has 0 amide bonds. The van der Waals surface area contributed by atoms with Gasteiger partial charge in [-0.05, 0) is 30.3 Å². The molecular formula is C20H15ClF3N3O6. The van der Waals surface area contributed by atoms with Crippen molar-refractivity contribution in [2.24, 2.45) is 7.05 Å². The van der Waals surface area contributed by atoms with Crippen LogP contribution in [0.2, 0.25) is 5.02 Å². The fourth-order valence-electron chi connectivity index (χ4n) is 2.84. The first-order chi connectivity index (χ1) is 15.5. The number of carbonyl (C=O) groups is 1. The molecule has 174 valence electrons. The van der Waals surface area contributed by atoms with Gasteiger partial charge in [-0.3, -0.25) is 4.79 Å². The van der Waals surface area contributed by atoms with Crippen molar-refractivity contribution in [3.63, 3.8) is 0 Å². The molecule has 33 heavy (non-hydrogen) atoms. The first-order valence-corrected chi connectivity index (χ1v) is 9.47. The lowest BCUT2D eigenvalue weighted by molar-refractivity contribution is -0.141. The lowest BCUT2D eigenvalue weighted by Gasteiger charge is -2.16. The largest absolute Gasteiger partial charge is 0.468 e. The summed E-state index contributed by atoms with van der Waals surface area (Å²) in [5, 5.41) is -0.365. The van der Waals surface area contributed by atoms with Crippen LogP contribution in [0.1, 0.15) is 5.56 Å². The minimum Gasteiger partial charge on any atom is -0.468 e. The molecule has 0 atom stereocenters. The van der Waals surface area contributed by atoms with Crippen molar-refractivity contribution in [1.82, 2.24) is 13.7 Å². The average molecular weight is 486 g/mol. The van der Waals surface area contributed by atoms with E-state index in [1.165, 1.54) is 24.3 Å². The number of halogens is 4. The van der Waals surface area contributed by atoms with Gasteiger partial charge >= 0.3 is 29.2 Å². The van der Waals surface area contributed by atoms with Gasteiger partial charge < -0.3 is 9.47 Å². The van der Waals surface area contributed by atoms with Crippen LogP contribution in [0.4, 0.5) is 13.2 Å². The van der Waals surface area contributed by atoms with Crippen molar-refractivity contribution in [2.75, 3.05) is 7.11 Å². The molecule has 0 aliphatic carbocycles. The summed E-state index contributed by atoms with van der Waals surface area (Å²) >= 11 is 5.93. The van der Waals surface area contributed by atoms with E-state index in [4.69, 9.17) is 16.3 Å². The highest BCUT2D eigenvalue weighted by atomic mass is 35.5. The van der Waals surface area contributed by atoms with Gasteiger partial charge in [0, 0.05) is 7.05 Å². The summed E-state index contributed by atoms with van der Waals surface area (Å²) in [5.41, 5.74) is -4.37. The molecule has 1 heterocycles. The molecule has 0 fully saturated rings. The second-order valence-electron chi connectivity index (χ2n) is 6.62. The van der Waals surface area contributed by atoms with E-state index < -0.39 is 41.3 Å². The zero-order valence-corrected chi connectivity index (χ0v) is 17.8. The summed E-state index contributed by atoms with van der Waals surface area (Å²) in [6.45, 7) is -0.754. The van der Waals surface area contributed by atoms with Crippen LogP contribution < -0.4 is 21.8 Å². The van der Waals surface area contributed by atoms with E-state index in [0.29, 0.717) is 19.8 Å². The Bertz CT molecular complexity index is 1410. The number of esters is 1. The molecule has 0 aliphatic rings. The monoisotopic (exact) mass is 485 g/mol. The van der Waals surface area contributed by atoms with Gasteiger partial charge in [0.2, 0.25) is 0 Å². The number of carbonyl (C=O) groups excluding carboxylic acids is 1. The van der Waals surface area contributed by atoms with Gasteiger partial charge in [0.05, 0.1) is 23.4 Å². The molecule has 0 bridgehead atoms. The third-order valence-corrected chi connectivity index (χ3v) is 4.81. The third kappa shape index (κ3) is 4.70. The van der Waals surface area contributed by atoms with E-state index in [-0.39, 0.29) is 22.2 Å². The number of nitrogens with zero attached hydrogens (tertiary/aromatic N) is 3. The number of methoxy groups -OCH3 is 1. The summed E-state index contributed by atoms with van der Waals surface area (Å²) in [5.74, 6) is -1.20. The molecule has 0 unspecified atom stereocenters. The molecule has 3 rings (SSSR count). The van der Waals surface area contributed by atoms with Crippen molar-refractivity contribution in [2.45, 2.75) is 12.7 Å². The Labute approximate surface area is 187 Å². The van der Waals surface area contributed by atoms with E-state index >= 15 is 0 Å². The maximum Gasteiger partial charge on any atom is 0.416 e. The van der Waals surface area contributed by atoms with E-state index in [0.717, 1.165) is 26.3 Å². The van der Waals surface area contributed by atoms with Crippen LogP contribution in [0.25, 0.3) is 5.69 Å². The van der Waals surface area contributed by atoms with Crippen LogP contribution >= 0.6 is 11.6 Å². The zero-order valence-electron chi connectivity index (χ0n) is 17.1. The maximum atomic E-state index is 12.9. The molecule has 0 spiro atoms. The van der Waals surface area contributed by atoms with Gasteiger partial charge in [0.25, 0.3) is 0 Å². The predicted octanol–water partition coefficient (Wildman–Crippen LogP) is 2.34. The van der Waals surface area contributed by atoms with Gasteiger partial charge in [-0.25, -0.2) is 28.1 Å². The zero-order chi connectivity index (χ0) is 24.5. The molecule has 0 radical (unpaired) electrons. The van der Waals surface area contributed by atoms with Gasteiger partial charge in [-0.15, -0.1) is 0 Å². The number of rotatable bonds is 5. The highest BCUT2D eigenvalue weighted by molar-refractivity contribution is 6.32. The van der Waals surface area contributed by atoms with Crippen LogP contribution in [0.15, 0.2) is 56.8 Å². The lowest BCUT2D eigenvalue weighted by atomic mass is 10.2. The maximum absolute atomic E-state index is 12.9. The van der Waals surface area contributed by atoms with Crippen LogP contribution in [0.3, 0.4) is 0 Å². The van der Waals surface area contributed by atoms with Gasteiger partial charge in [0.15, 0.2) is 5.75 Å². The minimum atomic E-state index is -4.62. The highest BCUT2D eigenvalue weighted by Gasteiger charge is 2.31. The van der Waals surface area contributed by atoms with Crippen molar-refractivity contribution in [3.8, 4) is 17.2 Å². The normalized spacial score (nSPS) is 11.3. The summed E-state index contributed by atoms with van der Waals surface area (Å²) in [7, 11) is 2.16. The molecule has 9 nitrogen and oxygen atoms in total. The SMILES string of the molecule is COC(=O)Cn1c(=O)n(C)c(=O)n(-c2ccccc2Oc2ccc(C(F)(F)F)cc2Cl)c1=O. The quantitative estimate of drug-likeness (QED) is 0.514. The van der Waals surface area contributed by atoms with E-state index in [1.54, 1.807) is 0 Å². The van der Waals surface area contributed by atoms with Crippen molar-refractivity contribution < 1.29 is 27.4 Å². The standard InChI is InChI=1S/C20H15ClF3N3O6/c1-25-17(29)26(10-16(28)32-2)19(31)27(18(25)30)13-5-3-4-6-15(13)33-14-8-7-11(9-12(14)21)20(22,23)24/h3-9H,10H2,1-2H3. The predicted molar refractivity (Wildman–Crippen MR) is 110 cm³/mol. The number of ether oxygens (including phenoxy) is 2. The number of alkyl halides is 3. The highest BCUT2D eigenvalue weighted by Crippen LogP contribution is 2.37. The van der Waals surface area contributed by atoms with Crippen molar-refractivity contribution >= 4 is 17.6 Å². The first-order valence-electron chi connectivity index (χ1n) is 9.09. The summed E-state index contributed by atoms with van der Waals surface area (Å²) in [4.78, 5) is 49.7. The van der Waals surface area contributed by atoms with Gasteiger partial charge in [0.1, 0.15) is 12.3 Å². The van der Waals surface area contributed by atoms with Gasteiger partial charge in [-0.2, -0.15) is 13.2 Å². The molecule has 0 N–H and O–H groups in total. The fraction of sp³-hybridized carbons (Fsp3) is 0.200. The van der Waals surface area contributed by atoms with Crippen molar-refractivity contribution in [3.05, 3.63) is 84.5 Å². The number of hydrogen-bond acceptors (Lipinski definition) is 6. The second kappa shape index (κ2) is 8.98. The smallest absolute Gasteiger partial charge is 0.416 e. The first kappa shape index (κ1) is 23.9. The second-order valence-corrected chi connectivity index (χ2v) is 7.02. The number of aromatic nitrogens is 3. The summed E-state index contributed by atoms with van der Waals surface area (Å²) < 4.78 is 50.4. The lowest BCUT2D eigenvalue weighted by Crippen LogP contribution is -2.53. The third-order valence-electron chi connectivity index (χ3n) is 4.52. The Morgan fingerprint density at radius 1 is 1.00 bits per heavy atom. The molecule has 0 saturated carbocycles. The Morgan fingerprint density at radius 3 is 2.27 bits per heavy atom. The van der Waals surface area contributed by atoms with Crippen LogP contribution in [-0.4, -0.2) is 26.8 Å². The Hall–Kier alpha value is -3.80. The Balaban J connectivity index is 2.17. The van der Waals surface area contributed by atoms with Crippen molar-refractivity contribution in [1.29, 1.82) is 0 Å². The summed E-state index contributed by atoms with van der Waals surface area (Å²) in [6.07, 6.45) is -4.62. The number of benzene rings is 2. The topological polar surface area (TPSA) is 102 Å². The average Bonchev–Trinajstić information content (AvgIpc) is 2.77. The van der Waals surface area contributed by atoms with Crippen LogP contribution in [0.5, 0.6) is 11.5 Å². The summed E-state index contributed by atoms with van der Waals surface area (Å²) in [6, 6.07) is 8.00. The fourth-order valence-corrected chi connectivity index (χ4v) is 3.06. The molecule has 2 aromatic carbocycles. The molecule has 3 aromatic rings. The van der Waals surface area contributed by atoms with Crippen LogP contribution in [-0.2, 0) is 29.3 Å². The van der Waals surface area contributed by atoms with E-state index in [1.807, 2.05) is 0 Å². The molecule has 0 saturated heterocycles. The van der Waals surface area contributed by atoms with E-state index in [9.17, 15) is 32.3 Å². The van der Waals surface area contributed by atoms with Crippen LogP contribution in [0, 0.1) is 0 Å². The Morgan fingerprint density at radius 2 is 1.67 bits per heavy atom. The number of hydrogen-bond donors (Lipinski definition) is 0. The molecule has 13 heteroatoms. The molecular weight excluding hydrogens is 471 g/mol. The number of para-hydroxylation sites is 2. The molecule has 1 aromatic heterocycles. The minimum absolute atomic E-state index is 0.123.